The van der Waals surface area contributed by atoms with Gasteiger partial charge in [0.15, 0.2) is 0 Å². The number of nitrogens with zero attached hydrogens (tertiary/aromatic N) is 5. The molecule has 9 nitrogen and oxygen atoms in total. The minimum absolute atomic E-state index is 0.228. The fourth-order valence-corrected chi connectivity index (χ4v) is 3.73. The zero-order valence-corrected chi connectivity index (χ0v) is 15.6. The molecule has 1 aliphatic heterocycles. The largest absolute Gasteiger partial charge is 0.322 e. The van der Waals surface area contributed by atoms with Gasteiger partial charge in [0.25, 0.3) is 0 Å². The molecule has 0 bridgehead atoms. The molecule has 1 fully saturated rings. The number of urea groups is 1. The van der Waals surface area contributed by atoms with Crippen LogP contribution in [-0.2, 0) is 16.4 Å². The number of piperazine rings is 1. The van der Waals surface area contributed by atoms with Crippen LogP contribution in [0.15, 0.2) is 30.9 Å². The fourth-order valence-electron chi connectivity index (χ4n) is 2.90. The fraction of sp³-hybridized carbons (Fsp3) is 0.438. The molecule has 1 saturated heterocycles. The van der Waals surface area contributed by atoms with Crippen molar-refractivity contribution in [2.45, 2.75) is 13.3 Å². The van der Waals surface area contributed by atoms with Crippen molar-refractivity contribution in [2.24, 2.45) is 0 Å². The number of carbonyl (C=O) groups is 1. The summed E-state index contributed by atoms with van der Waals surface area (Å²) in [5, 5.41) is 10.5. The number of hydrogen-bond acceptors (Lipinski definition) is 5. The summed E-state index contributed by atoms with van der Waals surface area (Å²) in [6, 6.07) is 5.57. The molecule has 1 aliphatic rings. The molecular weight excluding hydrogens is 356 g/mol. The van der Waals surface area contributed by atoms with E-state index in [9.17, 15) is 13.2 Å². The van der Waals surface area contributed by atoms with Crippen LogP contribution in [0, 0.1) is 0 Å². The van der Waals surface area contributed by atoms with Gasteiger partial charge in [-0.3, -0.25) is 4.57 Å². The summed E-state index contributed by atoms with van der Waals surface area (Å²) in [7, 11) is -3.21. The molecule has 26 heavy (non-hydrogen) atoms. The van der Waals surface area contributed by atoms with Gasteiger partial charge in [-0.15, -0.1) is 10.2 Å². The van der Waals surface area contributed by atoms with Gasteiger partial charge in [-0.2, -0.15) is 4.31 Å². The standard InChI is InChI=1S/C16H22N6O3S/c1-3-13-4-5-14(21-11-17-18-12-21)10-15(13)19-16(23)20-6-8-22(9-7-20)26(2,24)25/h4-5,10-12H,3,6-9H2,1-2H3,(H,19,23). The van der Waals surface area contributed by atoms with Crippen molar-refractivity contribution in [3.8, 4) is 5.69 Å². The quantitative estimate of drug-likeness (QED) is 0.853. The molecule has 0 radical (unpaired) electrons. The van der Waals surface area contributed by atoms with Gasteiger partial charge in [-0.25, -0.2) is 13.2 Å². The van der Waals surface area contributed by atoms with Crippen LogP contribution in [0.5, 0.6) is 0 Å². The molecule has 2 heterocycles. The average Bonchev–Trinajstić information content (AvgIpc) is 3.15. The molecule has 0 atom stereocenters. The molecule has 2 aromatic rings. The van der Waals surface area contributed by atoms with E-state index in [4.69, 9.17) is 0 Å². The smallest absolute Gasteiger partial charge is 0.321 e. The number of anilines is 1. The zero-order chi connectivity index (χ0) is 18.7. The lowest BCUT2D eigenvalue weighted by Crippen LogP contribution is -2.51. The monoisotopic (exact) mass is 378 g/mol. The summed E-state index contributed by atoms with van der Waals surface area (Å²) in [4.78, 5) is 14.2. The van der Waals surface area contributed by atoms with Crippen molar-refractivity contribution in [1.29, 1.82) is 0 Å². The highest BCUT2D eigenvalue weighted by atomic mass is 32.2. The van der Waals surface area contributed by atoms with E-state index in [1.54, 1.807) is 22.1 Å². The maximum Gasteiger partial charge on any atom is 0.321 e. The van der Waals surface area contributed by atoms with Gasteiger partial charge in [-0.05, 0) is 24.1 Å². The Bertz CT molecular complexity index is 873. The molecule has 3 rings (SSSR count). The topological polar surface area (TPSA) is 100 Å². The Hall–Kier alpha value is -2.46. The summed E-state index contributed by atoms with van der Waals surface area (Å²) in [6.07, 6.45) is 5.15. The minimum Gasteiger partial charge on any atom is -0.322 e. The highest BCUT2D eigenvalue weighted by Crippen LogP contribution is 2.21. The predicted molar refractivity (Wildman–Crippen MR) is 97.7 cm³/mol. The molecule has 2 amide bonds. The van der Waals surface area contributed by atoms with E-state index in [-0.39, 0.29) is 6.03 Å². The van der Waals surface area contributed by atoms with E-state index < -0.39 is 10.0 Å². The number of amides is 2. The van der Waals surface area contributed by atoms with Crippen molar-refractivity contribution >= 4 is 21.7 Å². The van der Waals surface area contributed by atoms with E-state index in [0.29, 0.717) is 26.2 Å². The third-order valence-corrected chi connectivity index (χ3v) is 5.73. The first-order valence-corrected chi connectivity index (χ1v) is 10.2. The van der Waals surface area contributed by atoms with Gasteiger partial charge in [0.05, 0.1) is 11.9 Å². The first kappa shape index (κ1) is 18.3. The lowest BCUT2D eigenvalue weighted by molar-refractivity contribution is 0.184. The van der Waals surface area contributed by atoms with Crippen LogP contribution in [-0.4, -0.2) is 70.9 Å². The maximum absolute atomic E-state index is 12.6. The zero-order valence-electron chi connectivity index (χ0n) is 14.8. The molecule has 0 saturated carbocycles. The number of benzene rings is 1. The average molecular weight is 378 g/mol. The molecular formula is C16H22N6O3S. The molecule has 0 spiro atoms. The van der Waals surface area contributed by atoms with Crippen LogP contribution < -0.4 is 5.32 Å². The van der Waals surface area contributed by atoms with Crippen molar-refractivity contribution in [1.82, 2.24) is 24.0 Å². The van der Waals surface area contributed by atoms with Gasteiger partial charge in [-0.1, -0.05) is 13.0 Å². The molecule has 140 valence electrons. The number of nitrogens with one attached hydrogen (secondary N) is 1. The molecule has 1 aromatic carbocycles. The predicted octanol–water partition coefficient (Wildman–Crippen LogP) is 0.939. The lowest BCUT2D eigenvalue weighted by Gasteiger charge is -2.33. The molecule has 1 N–H and O–H groups in total. The van der Waals surface area contributed by atoms with Crippen LogP contribution in [0.1, 0.15) is 12.5 Å². The Labute approximate surface area is 152 Å². The second kappa shape index (κ2) is 7.42. The van der Waals surface area contributed by atoms with Crippen LogP contribution in [0.2, 0.25) is 0 Å². The van der Waals surface area contributed by atoms with Crippen molar-refractivity contribution in [3.05, 3.63) is 36.4 Å². The SMILES string of the molecule is CCc1ccc(-n2cnnc2)cc1NC(=O)N1CCN(S(C)(=O)=O)CC1. The lowest BCUT2D eigenvalue weighted by atomic mass is 10.1. The first-order valence-electron chi connectivity index (χ1n) is 8.37. The maximum atomic E-state index is 12.6. The number of aromatic nitrogens is 3. The summed E-state index contributed by atoms with van der Waals surface area (Å²) in [5.41, 5.74) is 2.60. The summed E-state index contributed by atoms with van der Waals surface area (Å²) in [6.45, 7) is 3.38. The third-order valence-electron chi connectivity index (χ3n) is 4.43. The van der Waals surface area contributed by atoms with E-state index in [1.165, 1.54) is 10.6 Å². The molecule has 0 unspecified atom stereocenters. The van der Waals surface area contributed by atoms with Gasteiger partial charge in [0.1, 0.15) is 12.7 Å². The Balaban J connectivity index is 1.72. The van der Waals surface area contributed by atoms with Crippen molar-refractivity contribution in [3.63, 3.8) is 0 Å². The van der Waals surface area contributed by atoms with Gasteiger partial charge in [0, 0.05) is 31.9 Å². The van der Waals surface area contributed by atoms with Gasteiger partial charge in [0.2, 0.25) is 10.0 Å². The number of rotatable bonds is 4. The summed E-state index contributed by atoms with van der Waals surface area (Å²) < 4.78 is 26.3. The van der Waals surface area contributed by atoms with Crippen LogP contribution >= 0.6 is 0 Å². The van der Waals surface area contributed by atoms with Crippen LogP contribution in [0.3, 0.4) is 0 Å². The highest BCUT2D eigenvalue weighted by molar-refractivity contribution is 7.88. The number of sulfonamides is 1. The third kappa shape index (κ3) is 4.02. The molecule has 10 heteroatoms. The van der Waals surface area contributed by atoms with Crippen LogP contribution in [0.25, 0.3) is 5.69 Å². The number of hydrogen-bond donors (Lipinski definition) is 1. The van der Waals surface area contributed by atoms with Gasteiger partial charge < -0.3 is 10.2 Å². The first-order chi connectivity index (χ1) is 12.4. The van der Waals surface area contributed by atoms with E-state index in [1.807, 2.05) is 25.1 Å². The highest BCUT2D eigenvalue weighted by Gasteiger charge is 2.26. The summed E-state index contributed by atoms with van der Waals surface area (Å²) >= 11 is 0. The Morgan fingerprint density at radius 1 is 1.15 bits per heavy atom. The second-order valence-corrected chi connectivity index (χ2v) is 8.13. The van der Waals surface area contributed by atoms with Gasteiger partial charge >= 0.3 is 6.03 Å². The Morgan fingerprint density at radius 2 is 1.81 bits per heavy atom. The van der Waals surface area contributed by atoms with E-state index in [2.05, 4.69) is 15.5 Å². The minimum atomic E-state index is -3.21. The normalized spacial score (nSPS) is 15.8. The van der Waals surface area contributed by atoms with Crippen molar-refractivity contribution < 1.29 is 13.2 Å². The number of aryl methyl sites for hydroxylation is 1. The van der Waals surface area contributed by atoms with Crippen LogP contribution in [0.4, 0.5) is 10.5 Å². The molecule has 0 aliphatic carbocycles. The Morgan fingerprint density at radius 3 is 2.38 bits per heavy atom. The number of carbonyl (C=O) groups excluding carboxylic acids is 1. The second-order valence-electron chi connectivity index (χ2n) is 6.14. The molecule has 1 aromatic heterocycles. The van der Waals surface area contributed by atoms with E-state index in [0.717, 1.165) is 23.4 Å². The van der Waals surface area contributed by atoms with Crippen molar-refractivity contribution in [2.75, 3.05) is 37.8 Å². The summed E-state index contributed by atoms with van der Waals surface area (Å²) in [5.74, 6) is 0. The Kier molecular flexibility index (Phi) is 5.23. The van der Waals surface area contributed by atoms with E-state index >= 15 is 0 Å².